The Hall–Kier alpha value is -2.82. The number of rotatable bonds is 4. The molecule has 1 saturated heterocycles. The number of hydrogen-bond donors (Lipinski definition) is 1. The fourth-order valence-corrected chi connectivity index (χ4v) is 3.95. The number of carbonyl (C=O) groups is 1. The molecule has 1 aromatic carbocycles. The number of nitrogens with zero attached hydrogens (tertiary/aromatic N) is 3. The van der Waals surface area contributed by atoms with Crippen molar-refractivity contribution in [2.45, 2.75) is 40.0 Å². The summed E-state index contributed by atoms with van der Waals surface area (Å²) in [6, 6.07) is 12.2. The van der Waals surface area contributed by atoms with Gasteiger partial charge in [0.2, 0.25) is 0 Å². The smallest absolute Gasteiger partial charge is 0.274 e. The minimum atomic E-state index is -0.116. The Morgan fingerprint density at radius 1 is 1.18 bits per heavy atom. The summed E-state index contributed by atoms with van der Waals surface area (Å²) in [4.78, 5) is 20.1. The summed E-state index contributed by atoms with van der Waals surface area (Å²) >= 11 is 0. The van der Waals surface area contributed by atoms with Crippen LogP contribution in [0.25, 0.3) is 5.65 Å². The van der Waals surface area contributed by atoms with Gasteiger partial charge in [-0.3, -0.25) is 9.20 Å². The SMILES string of the molecule is CCc1nc2c(C)cccn2c1C(=O)Nc1ccc(N2CCC(C)CC2)cc1. The van der Waals surface area contributed by atoms with E-state index in [1.165, 1.54) is 18.5 Å². The summed E-state index contributed by atoms with van der Waals surface area (Å²) in [5.41, 5.74) is 5.39. The summed E-state index contributed by atoms with van der Waals surface area (Å²) in [7, 11) is 0. The molecule has 146 valence electrons. The van der Waals surface area contributed by atoms with E-state index in [0.29, 0.717) is 5.69 Å². The predicted octanol–water partition coefficient (Wildman–Crippen LogP) is 4.69. The zero-order chi connectivity index (χ0) is 19.7. The molecular weight excluding hydrogens is 348 g/mol. The largest absolute Gasteiger partial charge is 0.372 e. The van der Waals surface area contributed by atoms with Gasteiger partial charge in [0.05, 0.1) is 5.69 Å². The number of carbonyl (C=O) groups excluding carboxylic acids is 1. The first-order chi connectivity index (χ1) is 13.6. The molecule has 5 heteroatoms. The number of benzene rings is 1. The lowest BCUT2D eigenvalue weighted by Crippen LogP contribution is -2.32. The van der Waals surface area contributed by atoms with E-state index in [-0.39, 0.29) is 5.91 Å². The lowest BCUT2D eigenvalue weighted by atomic mass is 9.99. The Labute approximate surface area is 166 Å². The molecule has 1 fully saturated rings. The van der Waals surface area contributed by atoms with E-state index in [1.807, 2.05) is 48.7 Å². The number of piperidine rings is 1. The van der Waals surface area contributed by atoms with Crippen molar-refractivity contribution in [2.24, 2.45) is 5.92 Å². The maximum Gasteiger partial charge on any atom is 0.274 e. The van der Waals surface area contributed by atoms with Crippen molar-refractivity contribution in [2.75, 3.05) is 23.3 Å². The highest BCUT2D eigenvalue weighted by Crippen LogP contribution is 2.25. The molecule has 0 spiro atoms. The third-order valence-electron chi connectivity index (χ3n) is 5.74. The molecule has 0 radical (unpaired) electrons. The maximum atomic E-state index is 13.0. The van der Waals surface area contributed by atoms with E-state index < -0.39 is 0 Å². The van der Waals surface area contributed by atoms with Crippen LogP contribution in [0.5, 0.6) is 0 Å². The number of amides is 1. The number of imidazole rings is 1. The van der Waals surface area contributed by atoms with E-state index in [2.05, 4.69) is 34.3 Å². The normalized spacial score (nSPS) is 15.2. The molecule has 1 aliphatic heterocycles. The summed E-state index contributed by atoms with van der Waals surface area (Å²) in [6.45, 7) is 8.58. The Morgan fingerprint density at radius 3 is 2.57 bits per heavy atom. The molecule has 0 atom stereocenters. The van der Waals surface area contributed by atoms with Gasteiger partial charge in [0.25, 0.3) is 5.91 Å². The molecule has 1 aliphatic rings. The third-order valence-corrected chi connectivity index (χ3v) is 5.74. The lowest BCUT2D eigenvalue weighted by molar-refractivity contribution is 0.102. The second kappa shape index (κ2) is 7.66. The zero-order valence-corrected chi connectivity index (χ0v) is 16.9. The standard InChI is InChI=1S/C23H28N4O/c1-4-20-21(27-13-5-6-17(3)22(27)25-20)23(28)24-18-7-9-19(10-8-18)26-14-11-16(2)12-15-26/h5-10,13,16H,4,11-12,14-15H2,1-3H3,(H,24,28). The molecule has 3 aromatic rings. The first kappa shape index (κ1) is 18.5. The van der Waals surface area contributed by atoms with Crippen LogP contribution >= 0.6 is 0 Å². The molecule has 2 aromatic heterocycles. The number of hydrogen-bond acceptors (Lipinski definition) is 3. The summed E-state index contributed by atoms with van der Waals surface area (Å²) < 4.78 is 1.90. The fraction of sp³-hybridized carbons (Fsp3) is 0.391. The second-order valence-electron chi connectivity index (χ2n) is 7.82. The van der Waals surface area contributed by atoms with Crippen LogP contribution in [0.15, 0.2) is 42.6 Å². The monoisotopic (exact) mass is 376 g/mol. The number of fused-ring (bicyclic) bond motifs is 1. The Morgan fingerprint density at radius 2 is 1.89 bits per heavy atom. The lowest BCUT2D eigenvalue weighted by Gasteiger charge is -2.32. The van der Waals surface area contributed by atoms with Crippen molar-refractivity contribution < 1.29 is 4.79 Å². The van der Waals surface area contributed by atoms with Crippen molar-refractivity contribution in [1.82, 2.24) is 9.38 Å². The van der Waals surface area contributed by atoms with Crippen LogP contribution in [0.2, 0.25) is 0 Å². The molecule has 0 aliphatic carbocycles. The van der Waals surface area contributed by atoms with Gasteiger partial charge in [0, 0.05) is 30.7 Å². The van der Waals surface area contributed by atoms with Crippen molar-refractivity contribution in [3.63, 3.8) is 0 Å². The number of nitrogens with one attached hydrogen (secondary N) is 1. The van der Waals surface area contributed by atoms with Crippen LogP contribution in [-0.2, 0) is 6.42 Å². The topological polar surface area (TPSA) is 49.6 Å². The summed E-state index contributed by atoms with van der Waals surface area (Å²) in [5.74, 6) is 0.700. The van der Waals surface area contributed by atoms with E-state index >= 15 is 0 Å². The first-order valence-electron chi connectivity index (χ1n) is 10.2. The number of aryl methyl sites for hydroxylation is 2. The predicted molar refractivity (Wildman–Crippen MR) is 114 cm³/mol. The van der Waals surface area contributed by atoms with Gasteiger partial charge >= 0.3 is 0 Å². The number of anilines is 2. The van der Waals surface area contributed by atoms with Crippen LogP contribution in [0, 0.1) is 12.8 Å². The zero-order valence-electron chi connectivity index (χ0n) is 16.9. The maximum absolute atomic E-state index is 13.0. The van der Waals surface area contributed by atoms with E-state index in [4.69, 9.17) is 0 Å². The summed E-state index contributed by atoms with van der Waals surface area (Å²) in [5, 5.41) is 3.05. The fourth-order valence-electron chi connectivity index (χ4n) is 3.95. The minimum Gasteiger partial charge on any atom is -0.372 e. The molecule has 4 rings (SSSR count). The van der Waals surface area contributed by atoms with Gasteiger partial charge in [-0.25, -0.2) is 4.98 Å². The number of aromatic nitrogens is 2. The molecule has 0 bridgehead atoms. The highest BCUT2D eigenvalue weighted by molar-refractivity contribution is 6.04. The quantitative estimate of drug-likeness (QED) is 0.718. The average molecular weight is 377 g/mol. The van der Waals surface area contributed by atoms with Crippen LogP contribution < -0.4 is 10.2 Å². The Balaban J connectivity index is 1.54. The highest BCUT2D eigenvalue weighted by Gasteiger charge is 2.20. The van der Waals surface area contributed by atoms with E-state index in [1.54, 1.807) is 0 Å². The van der Waals surface area contributed by atoms with Crippen molar-refractivity contribution in [1.29, 1.82) is 0 Å². The molecule has 0 unspecified atom stereocenters. The number of pyridine rings is 1. The summed E-state index contributed by atoms with van der Waals surface area (Å²) in [6.07, 6.45) is 5.11. The minimum absolute atomic E-state index is 0.116. The van der Waals surface area contributed by atoms with Gasteiger partial charge in [-0.2, -0.15) is 0 Å². The van der Waals surface area contributed by atoms with Gasteiger partial charge in [-0.1, -0.05) is 19.9 Å². The van der Waals surface area contributed by atoms with Gasteiger partial charge < -0.3 is 10.2 Å². The molecule has 5 nitrogen and oxygen atoms in total. The molecule has 1 amide bonds. The molecule has 28 heavy (non-hydrogen) atoms. The van der Waals surface area contributed by atoms with Crippen molar-refractivity contribution >= 4 is 22.9 Å². The van der Waals surface area contributed by atoms with Crippen LogP contribution in [-0.4, -0.2) is 28.4 Å². The van der Waals surface area contributed by atoms with Gasteiger partial charge in [-0.15, -0.1) is 0 Å². The highest BCUT2D eigenvalue weighted by atomic mass is 16.2. The van der Waals surface area contributed by atoms with Crippen molar-refractivity contribution in [3.8, 4) is 0 Å². The van der Waals surface area contributed by atoms with E-state index in [9.17, 15) is 4.79 Å². The van der Waals surface area contributed by atoms with Gasteiger partial charge in [-0.05, 0) is 68.0 Å². The second-order valence-corrected chi connectivity index (χ2v) is 7.82. The molecule has 0 saturated carbocycles. The average Bonchev–Trinajstić information content (AvgIpc) is 3.09. The van der Waals surface area contributed by atoms with Gasteiger partial charge in [0.15, 0.2) is 0 Å². The Bertz CT molecular complexity index is 982. The third kappa shape index (κ3) is 3.49. The van der Waals surface area contributed by atoms with Gasteiger partial charge in [0.1, 0.15) is 11.3 Å². The van der Waals surface area contributed by atoms with Crippen LogP contribution in [0.1, 0.15) is 48.4 Å². The van der Waals surface area contributed by atoms with Crippen molar-refractivity contribution in [3.05, 3.63) is 59.5 Å². The Kier molecular flexibility index (Phi) is 5.07. The van der Waals surface area contributed by atoms with Crippen LogP contribution in [0.3, 0.4) is 0 Å². The molecule has 3 heterocycles. The van der Waals surface area contributed by atoms with E-state index in [0.717, 1.165) is 48.0 Å². The molecule has 1 N–H and O–H groups in total. The molecular formula is C23H28N4O. The first-order valence-corrected chi connectivity index (χ1v) is 10.2. The van der Waals surface area contributed by atoms with Crippen LogP contribution in [0.4, 0.5) is 11.4 Å².